The van der Waals surface area contributed by atoms with Gasteiger partial charge < -0.3 is 10.4 Å². The Balaban J connectivity index is 1.59. The summed E-state index contributed by atoms with van der Waals surface area (Å²) >= 11 is 0. The third-order valence-corrected chi connectivity index (χ3v) is 4.46. The van der Waals surface area contributed by atoms with Gasteiger partial charge in [0.25, 0.3) is 5.91 Å². The first-order valence-corrected chi connectivity index (χ1v) is 8.00. The molecule has 1 amide bonds. The van der Waals surface area contributed by atoms with Crippen LogP contribution in [0.2, 0.25) is 0 Å². The van der Waals surface area contributed by atoms with Gasteiger partial charge in [-0.1, -0.05) is 25.7 Å². The van der Waals surface area contributed by atoms with E-state index in [1.54, 1.807) is 12.3 Å². The normalized spacial score (nSPS) is 21.6. The first-order chi connectivity index (χ1) is 10.2. The van der Waals surface area contributed by atoms with Gasteiger partial charge in [-0.25, -0.2) is 9.97 Å². The molecule has 1 aromatic rings. The number of hydrogen-bond acceptors (Lipinski definition) is 4. The number of hydrogen-bond donors (Lipinski definition) is 2. The summed E-state index contributed by atoms with van der Waals surface area (Å²) in [5, 5.41) is 13.4. The van der Waals surface area contributed by atoms with Crippen LogP contribution in [0.15, 0.2) is 12.3 Å². The lowest BCUT2D eigenvalue weighted by molar-refractivity contribution is 0.0246. The third kappa shape index (κ3) is 3.79. The minimum absolute atomic E-state index is 0.211. The van der Waals surface area contributed by atoms with Crippen LogP contribution in [0.4, 0.5) is 0 Å². The molecule has 2 fully saturated rings. The molecule has 1 aromatic heterocycles. The summed E-state index contributed by atoms with van der Waals surface area (Å²) in [7, 11) is 0. The number of aliphatic hydroxyl groups is 1. The molecule has 5 heteroatoms. The molecule has 5 nitrogen and oxygen atoms in total. The zero-order valence-electron chi connectivity index (χ0n) is 12.3. The number of nitrogens with one attached hydrogen (secondary N) is 1. The van der Waals surface area contributed by atoms with E-state index >= 15 is 0 Å². The Labute approximate surface area is 125 Å². The van der Waals surface area contributed by atoms with Gasteiger partial charge in [-0.3, -0.25) is 4.79 Å². The number of rotatable bonds is 4. The first kappa shape index (κ1) is 14.4. The fraction of sp³-hybridized carbons (Fsp3) is 0.688. The third-order valence-electron chi connectivity index (χ3n) is 4.46. The van der Waals surface area contributed by atoms with Crippen LogP contribution in [0.25, 0.3) is 0 Å². The molecule has 2 saturated carbocycles. The van der Waals surface area contributed by atoms with Gasteiger partial charge in [0.2, 0.25) is 0 Å². The summed E-state index contributed by atoms with van der Waals surface area (Å²) in [6.07, 6.45) is 9.83. The predicted molar refractivity (Wildman–Crippen MR) is 79.0 cm³/mol. The highest BCUT2D eigenvalue weighted by Crippen LogP contribution is 2.37. The minimum atomic E-state index is -0.751. The van der Waals surface area contributed by atoms with Gasteiger partial charge in [-0.05, 0) is 31.7 Å². The average molecular weight is 289 g/mol. The van der Waals surface area contributed by atoms with Gasteiger partial charge in [0, 0.05) is 18.7 Å². The summed E-state index contributed by atoms with van der Waals surface area (Å²) < 4.78 is 0. The van der Waals surface area contributed by atoms with Crippen LogP contribution >= 0.6 is 0 Å². The summed E-state index contributed by atoms with van der Waals surface area (Å²) in [5.74, 6) is 0.997. The van der Waals surface area contributed by atoms with Crippen molar-refractivity contribution in [2.24, 2.45) is 0 Å². The first-order valence-electron chi connectivity index (χ1n) is 8.00. The van der Waals surface area contributed by atoms with Crippen molar-refractivity contribution in [3.05, 3.63) is 23.8 Å². The van der Waals surface area contributed by atoms with E-state index < -0.39 is 5.60 Å². The summed E-state index contributed by atoms with van der Waals surface area (Å²) in [5.41, 5.74) is -0.345. The SMILES string of the molecule is O=C(NCC1(O)CCCCCC1)c1ccnc(C2CC2)n1. The summed E-state index contributed by atoms with van der Waals surface area (Å²) in [6.45, 7) is 0.314. The lowest BCUT2D eigenvalue weighted by Gasteiger charge is -2.26. The maximum absolute atomic E-state index is 12.2. The maximum atomic E-state index is 12.2. The van der Waals surface area contributed by atoms with E-state index in [1.165, 1.54) is 12.8 Å². The number of amides is 1. The molecule has 0 bridgehead atoms. The molecular weight excluding hydrogens is 266 g/mol. The Morgan fingerprint density at radius 3 is 2.67 bits per heavy atom. The molecule has 0 radical (unpaired) electrons. The fourth-order valence-corrected chi connectivity index (χ4v) is 2.94. The molecule has 0 saturated heterocycles. The monoisotopic (exact) mass is 289 g/mol. The summed E-state index contributed by atoms with van der Waals surface area (Å²) in [4.78, 5) is 20.8. The molecule has 3 rings (SSSR count). The van der Waals surface area contributed by atoms with Crippen LogP contribution in [0.5, 0.6) is 0 Å². The highest BCUT2D eigenvalue weighted by Gasteiger charge is 2.29. The van der Waals surface area contributed by atoms with E-state index in [-0.39, 0.29) is 5.91 Å². The molecule has 114 valence electrons. The van der Waals surface area contributed by atoms with E-state index in [0.29, 0.717) is 18.2 Å². The van der Waals surface area contributed by atoms with Crippen LogP contribution in [-0.2, 0) is 0 Å². The minimum Gasteiger partial charge on any atom is -0.388 e. The van der Waals surface area contributed by atoms with Crippen LogP contribution in [-0.4, -0.2) is 33.1 Å². The second kappa shape index (κ2) is 6.10. The van der Waals surface area contributed by atoms with Crippen molar-refractivity contribution in [1.82, 2.24) is 15.3 Å². The average Bonchev–Trinajstić information content (AvgIpc) is 3.33. The Kier molecular flexibility index (Phi) is 4.19. The lowest BCUT2D eigenvalue weighted by Crippen LogP contribution is -2.42. The van der Waals surface area contributed by atoms with E-state index in [4.69, 9.17) is 0 Å². The lowest BCUT2D eigenvalue weighted by atomic mass is 9.94. The zero-order valence-corrected chi connectivity index (χ0v) is 12.3. The van der Waals surface area contributed by atoms with Crippen molar-refractivity contribution in [2.75, 3.05) is 6.54 Å². The van der Waals surface area contributed by atoms with Crippen molar-refractivity contribution in [2.45, 2.75) is 62.9 Å². The van der Waals surface area contributed by atoms with Crippen molar-refractivity contribution >= 4 is 5.91 Å². The molecule has 0 spiro atoms. The maximum Gasteiger partial charge on any atom is 0.270 e. The molecule has 0 unspecified atom stereocenters. The number of nitrogens with zero attached hydrogens (tertiary/aromatic N) is 2. The Bertz CT molecular complexity index is 506. The van der Waals surface area contributed by atoms with Gasteiger partial charge in [0.15, 0.2) is 0 Å². The molecule has 2 N–H and O–H groups in total. The van der Waals surface area contributed by atoms with Crippen molar-refractivity contribution in [3.8, 4) is 0 Å². The summed E-state index contributed by atoms with van der Waals surface area (Å²) in [6, 6.07) is 1.64. The van der Waals surface area contributed by atoms with Crippen molar-refractivity contribution in [1.29, 1.82) is 0 Å². The molecule has 1 heterocycles. The largest absolute Gasteiger partial charge is 0.388 e. The van der Waals surface area contributed by atoms with E-state index in [2.05, 4.69) is 15.3 Å². The molecule has 2 aliphatic carbocycles. The molecule has 0 atom stereocenters. The second-order valence-corrected chi connectivity index (χ2v) is 6.40. The molecule has 21 heavy (non-hydrogen) atoms. The van der Waals surface area contributed by atoms with Crippen molar-refractivity contribution in [3.63, 3.8) is 0 Å². The number of carbonyl (C=O) groups excluding carboxylic acids is 1. The highest BCUT2D eigenvalue weighted by atomic mass is 16.3. The predicted octanol–water partition coefficient (Wildman–Crippen LogP) is 2.17. The second-order valence-electron chi connectivity index (χ2n) is 6.40. The molecule has 0 aliphatic heterocycles. The number of carbonyl (C=O) groups is 1. The van der Waals surface area contributed by atoms with Crippen LogP contribution in [0, 0.1) is 0 Å². The van der Waals surface area contributed by atoms with E-state index in [0.717, 1.165) is 44.3 Å². The number of aromatic nitrogens is 2. The Morgan fingerprint density at radius 2 is 2.00 bits per heavy atom. The Morgan fingerprint density at radius 1 is 1.29 bits per heavy atom. The van der Waals surface area contributed by atoms with Gasteiger partial charge in [-0.15, -0.1) is 0 Å². The van der Waals surface area contributed by atoms with Gasteiger partial charge in [-0.2, -0.15) is 0 Å². The van der Waals surface area contributed by atoms with Gasteiger partial charge >= 0.3 is 0 Å². The van der Waals surface area contributed by atoms with Crippen LogP contribution < -0.4 is 5.32 Å². The van der Waals surface area contributed by atoms with Crippen molar-refractivity contribution < 1.29 is 9.90 Å². The zero-order chi connectivity index (χ0) is 14.7. The van der Waals surface area contributed by atoms with E-state index in [9.17, 15) is 9.90 Å². The van der Waals surface area contributed by atoms with E-state index in [1.807, 2.05) is 0 Å². The highest BCUT2D eigenvalue weighted by molar-refractivity contribution is 5.92. The van der Waals surface area contributed by atoms with Crippen LogP contribution in [0.3, 0.4) is 0 Å². The van der Waals surface area contributed by atoms with Gasteiger partial charge in [0.1, 0.15) is 11.5 Å². The molecule has 2 aliphatic rings. The van der Waals surface area contributed by atoms with Crippen LogP contribution in [0.1, 0.15) is 73.6 Å². The standard InChI is InChI=1S/C16H23N3O2/c20-15(13-7-10-17-14(19-13)12-5-6-12)18-11-16(21)8-3-1-2-4-9-16/h7,10,12,21H,1-6,8-9,11H2,(H,18,20). The quantitative estimate of drug-likeness (QED) is 0.833. The molecular formula is C16H23N3O2. The fourth-order valence-electron chi connectivity index (χ4n) is 2.94. The molecule has 0 aromatic carbocycles. The Hall–Kier alpha value is -1.49. The van der Waals surface area contributed by atoms with Gasteiger partial charge in [0.05, 0.1) is 5.60 Å². The smallest absolute Gasteiger partial charge is 0.270 e. The topological polar surface area (TPSA) is 75.1 Å².